The van der Waals surface area contributed by atoms with Crippen LogP contribution >= 0.6 is 0 Å². The second kappa shape index (κ2) is 4.32. The lowest BCUT2D eigenvalue weighted by molar-refractivity contribution is -0.126. The van der Waals surface area contributed by atoms with Gasteiger partial charge in [0.25, 0.3) is 0 Å². The van der Waals surface area contributed by atoms with E-state index in [0.29, 0.717) is 5.69 Å². The lowest BCUT2D eigenvalue weighted by atomic mass is 10.2. The summed E-state index contributed by atoms with van der Waals surface area (Å²) in [6, 6.07) is 3.67. The number of nitrogens with two attached hydrogens (primary N) is 1. The molecule has 2 rings (SSSR count). The van der Waals surface area contributed by atoms with E-state index in [-0.39, 0.29) is 12.5 Å². The van der Waals surface area contributed by atoms with Gasteiger partial charge in [-0.15, -0.1) is 0 Å². The fourth-order valence-electron chi connectivity index (χ4n) is 1.49. The summed E-state index contributed by atoms with van der Waals surface area (Å²) >= 11 is 0. The zero-order chi connectivity index (χ0) is 12.4. The van der Waals surface area contributed by atoms with Crippen LogP contribution in [0, 0.1) is 0 Å². The van der Waals surface area contributed by atoms with Crippen LogP contribution in [0.2, 0.25) is 0 Å². The molecule has 6 heteroatoms. The molecule has 0 saturated carbocycles. The molecule has 90 valence electrons. The SMILES string of the molecule is CN(C)C(=O)CNc1cc2[nH]ncc2cc1N. The first-order valence-electron chi connectivity index (χ1n) is 5.24. The number of benzene rings is 1. The average molecular weight is 233 g/mol. The third-order valence-electron chi connectivity index (χ3n) is 2.54. The Morgan fingerprint density at radius 3 is 3.00 bits per heavy atom. The first-order chi connectivity index (χ1) is 8.08. The molecule has 0 aliphatic carbocycles. The number of anilines is 2. The van der Waals surface area contributed by atoms with Gasteiger partial charge in [-0.25, -0.2) is 0 Å². The van der Waals surface area contributed by atoms with Gasteiger partial charge in [0.05, 0.1) is 29.6 Å². The summed E-state index contributed by atoms with van der Waals surface area (Å²) in [5.41, 5.74) is 8.10. The second-order valence-corrected chi connectivity index (χ2v) is 4.04. The summed E-state index contributed by atoms with van der Waals surface area (Å²) in [5, 5.41) is 10.7. The number of amides is 1. The molecule has 1 amide bonds. The van der Waals surface area contributed by atoms with E-state index in [2.05, 4.69) is 15.5 Å². The molecule has 0 aliphatic heterocycles. The van der Waals surface area contributed by atoms with E-state index in [0.717, 1.165) is 16.6 Å². The van der Waals surface area contributed by atoms with Gasteiger partial charge in [0.15, 0.2) is 0 Å². The van der Waals surface area contributed by atoms with Gasteiger partial charge >= 0.3 is 0 Å². The number of nitrogens with one attached hydrogen (secondary N) is 2. The van der Waals surface area contributed by atoms with E-state index in [9.17, 15) is 4.79 Å². The molecule has 2 aromatic rings. The number of hydrogen-bond acceptors (Lipinski definition) is 4. The van der Waals surface area contributed by atoms with Gasteiger partial charge < -0.3 is 16.0 Å². The number of aromatic amines is 1. The van der Waals surface area contributed by atoms with E-state index >= 15 is 0 Å². The highest BCUT2D eigenvalue weighted by molar-refractivity contribution is 5.90. The normalized spacial score (nSPS) is 10.5. The minimum atomic E-state index is -0.00546. The molecule has 1 aromatic carbocycles. The predicted molar refractivity (Wildman–Crippen MR) is 67.7 cm³/mol. The van der Waals surface area contributed by atoms with Crippen molar-refractivity contribution in [2.24, 2.45) is 0 Å². The predicted octanol–water partition coefficient (Wildman–Crippen LogP) is 0.645. The zero-order valence-corrected chi connectivity index (χ0v) is 9.82. The molecule has 17 heavy (non-hydrogen) atoms. The molecule has 0 bridgehead atoms. The summed E-state index contributed by atoms with van der Waals surface area (Å²) in [7, 11) is 3.43. The van der Waals surface area contributed by atoms with Crippen molar-refractivity contribution in [3.05, 3.63) is 18.3 Å². The standard InChI is InChI=1S/C11H15N5O/c1-16(2)11(17)6-13-10-4-9-7(3-8(10)12)5-14-15-9/h3-5,13H,6,12H2,1-2H3,(H,14,15). The maximum absolute atomic E-state index is 11.4. The minimum absolute atomic E-state index is 0.00546. The van der Waals surface area contributed by atoms with Gasteiger partial charge in [0, 0.05) is 19.5 Å². The van der Waals surface area contributed by atoms with E-state index in [1.54, 1.807) is 20.3 Å². The third kappa shape index (κ3) is 2.30. The number of H-pyrrole nitrogens is 1. The van der Waals surface area contributed by atoms with Gasteiger partial charge in [0.1, 0.15) is 0 Å². The number of carbonyl (C=O) groups is 1. The van der Waals surface area contributed by atoms with Crippen LogP contribution in [0.25, 0.3) is 10.9 Å². The first-order valence-corrected chi connectivity index (χ1v) is 5.24. The number of hydrogen-bond donors (Lipinski definition) is 3. The van der Waals surface area contributed by atoms with Crippen LogP contribution in [0.4, 0.5) is 11.4 Å². The van der Waals surface area contributed by atoms with Crippen molar-refractivity contribution < 1.29 is 4.79 Å². The molecule has 0 aliphatic rings. The van der Waals surface area contributed by atoms with Crippen molar-refractivity contribution in [2.75, 3.05) is 31.7 Å². The molecule has 0 unspecified atom stereocenters. The smallest absolute Gasteiger partial charge is 0.241 e. The van der Waals surface area contributed by atoms with Gasteiger partial charge in [0.2, 0.25) is 5.91 Å². The number of fused-ring (bicyclic) bond motifs is 1. The fourth-order valence-corrected chi connectivity index (χ4v) is 1.49. The number of nitrogens with zero attached hydrogens (tertiary/aromatic N) is 2. The maximum atomic E-state index is 11.4. The van der Waals surface area contributed by atoms with Crippen LogP contribution in [-0.2, 0) is 4.79 Å². The van der Waals surface area contributed by atoms with E-state index in [1.165, 1.54) is 4.90 Å². The van der Waals surface area contributed by atoms with Gasteiger partial charge in [-0.3, -0.25) is 9.89 Å². The fraction of sp³-hybridized carbons (Fsp3) is 0.273. The van der Waals surface area contributed by atoms with E-state index in [1.807, 2.05) is 12.1 Å². The molecule has 4 N–H and O–H groups in total. The number of likely N-dealkylation sites (N-methyl/N-ethyl adjacent to an activating group) is 1. The Balaban J connectivity index is 2.17. The quantitative estimate of drug-likeness (QED) is 0.679. The van der Waals surface area contributed by atoms with Gasteiger partial charge in [-0.2, -0.15) is 5.10 Å². The van der Waals surface area contributed by atoms with Gasteiger partial charge in [-0.1, -0.05) is 0 Å². The molecule has 0 spiro atoms. The Kier molecular flexibility index (Phi) is 2.86. The number of nitrogen functional groups attached to an aromatic ring is 1. The zero-order valence-electron chi connectivity index (χ0n) is 9.82. The molecule has 0 radical (unpaired) electrons. The molecular weight excluding hydrogens is 218 g/mol. The average Bonchev–Trinajstić information content (AvgIpc) is 2.72. The second-order valence-electron chi connectivity index (χ2n) is 4.04. The van der Waals surface area contributed by atoms with Crippen LogP contribution < -0.4 is 11.1 Å². The molecule has 0 atom stereocenters. The van der Waals surface area contributed by atoms with Crippen molar-refractivity contribution in [3.63, 3.8) is 0 Å². The topological polar surface area (TPSA) is 87.0 Å². The van der Waals surface area contributed by atoms with Crippen molar-refractivity contribution >= 4 is 28.2 Å². The van der Waals surface area contributed by atoms with Crippen molar-refractivity contribution in [3.8, 4) is 0 Å². The highest BCUT2D eigenvalue weighted by atomic mass is 16.2. The lowest BCUT2D eigenvalue weighted by Crippen LogP contribution is -2.28. The largest absolute Gasteiger partial charge is 0.397 e. The maximum Gasteiger partial charge on any atom is 0.241 e. The monoisotopic (exact) mass is 233 g/mol. The molecule has 6 nitrogen and oxygen atoms in total. The van der Waals surface area contributed by atoms with Crippen LogP contribution in [0.3, 0.4) is 0 Å². The Morgan fingerprint density at radius 1 is 1.53 bits per heavy atom. The van der Waals surface area contributed by atoms with Crippen LogP contribution in [-0.4, -0.2) is 41.6 Å². The van der Waals surface area contributed by atoms with Gasteiger partial charge in [-0.05, 0) is 12.1 Å². The summed E-state index contributed by atoms with van der Waals surface area (Å²) in [6.45, 7) is 0.219. The van der Waals surface area contributed by atoms with Crippen LogP contribution in [0.15, 0.2) is 18.3 Å². The highest BCUT2D eigenvalue weighted by Gasteiger charge is 2.07. The highest BCUT2D eigenvalue weighted by Crippen LogP contribution is 2.24. The number of rotatable bonds is 3. The lowest BCUT2D eigenvalue weighted by Gasteiger charge is -2.13. The summed E-state index contributed by atoms with van der Waals surface area (Å²) < 4.78 is 0. The molecule has 0 saturated heterocycles. The summed E-state index contributed by atoms with van der Waals surface area (Å²) in [4.78, 5) is 13.0. The summed E-state index contributed by atoms with van der Waals surface area (Å²) in [5.74, 6) is -0.00546. The van der Waals surface area contributed by atoms with Crippen molar-refractivity contribution in [1.29, 1.82) is 0 Å². The Hall–Kier alpha value is -2.24. The number of carbonyl (C=O) groups excluding carboxylic acids is 1. The molecule has 1 heterocycles. The molecular formula is C11H15N5O. The van der Waals surface area contributed by atoms with Crippen molar-refractivity contribution in [1.82, 2.24) is 15.1 Å². The summed E-state index contributed by atoms with van der Waals surface area (Å²) in [6.07, 6.45) is 1.71. The first kappa shape index (κ1) is 11.3. The van der Waals surface area contributed by atoms with E-state index in [4.69, 9.17) is 5.73 Å². The minimum Gasteiger partial charge on any atom is -0.397 e. The third-order valence-corrected chi connectivity index (χ3v) is 2.54. The molecule has 0 fully saturated rings. The Labute approximate surface area is 98.8 Å². The van der Waals surface area contributed by atoms with Crippen LogP contribution in [0.5, 0.6) is 0 Å². The van der Waals surface area contributed by atoms with E-state index < -0.39 is 0 Å². The Morgan fingerprint density at radius 2 is 2.29 bits per heavy atom. The Bertz CT molecular complexity index is 546. The molecule has 1 aromatic heterocycles. The number of aromatic nitrogens is 2. The van der Waals surface area contributed by atoms with Crippen LogP contribution in [0.1, 0.15) is 0 Å². The van der Waals surface area contributed by atoms with Crippen molar-refractivity contribution in [2.45, 2.75) is 0 Å².